The molecule has 0 aliphatic rings. The van der Waals surface area contributed by atoms with Crippen molar-refractivity contribution in [3.05, 3.63) is 97.1 Å². The minimum absolute atomic E-state index is 0.0548. The Hall–Kier alpha value is -4.02. The van der Waals surface area contributed by atoms with Crippen molar-refractivity contribution in [2.45, 2.75) is 32.4 Å². The van der Waals surface area contributed by atoms with E-state index in [-0.39, 0.29) is 31.1 Å². The Labute approximate surface area is 221 Å². The SMILES string of the molecule is O=S(=O)(c1ccc(OCCCCOc2ccc(S(=O)(=O)c3ccccc3O)cc2)cc1)c1ccccc1O. The van der Waals surface area contributed by atoms with Gasteiger partial charge in [-0.1, -0.05) is 24.3 Å². The van der Waals surface area contributed by atoms with Crippen LogP contribution in [0, 0.1) is 0 Å². The highest BCUT2D eigenvalue weighted by molar-refractivity contribution is 7.92. The molecule has 8 nitrogen and oxygen atoms in total. The van der Waals surface area contributed by atoms with Gasteiger partial charge >= 0.3 is 0 Å². The topological polar surface area (TPSA) is 127 Å². The van der Waals surface area contributed by atoms with Gasteiger partial charge in [0.15, 0.2) is 0 Å². The minimum Gasteiger partial charge on any atom is -0.507 e. The van der Waals surface area contributed by atoms with Crippen molar-refractivity contribution in [1.82, 2.24) is 0 Å². The van der Waals surface area contributed by atoms with Crippen LogP contribution in [0.15, 0.2) is 117 Å². The molecule has 0 amide bonds. The number of phenolic OH excluding ortho intramolecular Hbond substituents is 2. The molecule has 4 aromatic carbocycles. The van der Waals surface area contributed by atoms with Gasteiger partial charge in [0.05, 0.1) is 23.0 Å². The molecule has 38 heavy (non-hydrogen) atoms. The van der Waals surface area contributed by atoms with Crippen molar-refractivity contribution in [3.8, 4) is 23.0 Å². The summed E-state index contributed by atoms with van der Waals surface area (Å²) in [5.41, 5.74) is 0. The van der Waals surface area contributed by atoms with Gasteiger partial charge < -0.3 is 19.7 Å². The van der Waals surface area contributed by atoms with E-state index in [4.69, 9.17) is 9.47 Å². The summed E-state index contributed by atoms with van der Waals surface area (Å²) in [5, 5.41) is 19.7. The van der Waals surface area contributed by atoms with Crippen LogP contribution in [0.1, 0.15) is 12.8 Å². The molecule has 0 saturated heterocycles. The van der Waals surface area contributed by atoms with Crippen molar-refractivity contribution in [2.75, 3.05) is 13.2 Å². The van der Waals surface area contributed by atoms with Gasteiger partial charge in [0.2, 0.25) is 19.7 Å². The maximum atomic E-state index is 12.7. The van der Waals surface area contributed by atoms with Gasteiger partial charge in [0, 0.05) is 0 Å². The Morgan fingerprint density at radius 3 is 1.18 bits per heavy atom. The molecule has 0 spiro atoms. The second-order valence-corrected chi connectivity index (χ2v) is 12.1. The Morgan fingerprint density at radius 2 is 0.842 bits per heavy atom. The van der Waals surface area contributed by atoms with E-state index in [0.29, 0.717) is 37.6 Å². The molecule has 2 N–H and O–H groups in total. The highest BCUT2D eigenvalue weighted by atomic mass is 32.2. The maximum Gasteiger partial charge on any atom is 0.210 e. The minimum atomic E-state index is -3.84. The molecule has 0 aromatic heterocycles. The van der Waals surface area contributed by atoms with Crippen LogP contribution in [0.4, 0.5) is 0 Å². The van der Waals surface area contributed by atoms with E-state index in [1.54, 1.807) is 48.5 Å². The summed E-state index contributed by atoms with van der Waals surface area (Å²) in [5.74, 6) is 0.429. The van der Waals surface area contributed by atoms with Crippen LogP contribution in [-0.2, 0) is 19.7 Å². The van der Waals surface area contributed by atoms with E-state index in [9.17, 15) is 27.0 Å². The molecular formula is C28H26O8S2. The van der Waals surface area contributed by atoms with Gasteiger partial charge in [-0.2, -0.15) is 0 Å². The van der Waals surface area contributed by atoms with Crippen molar-refractivity contribution >= 4 is 19.7 Å². The number of para-hydroxylation sites is 2. The maximum absolute atomic E-state index is 12.7. The van der Waals surface area contributed by atoms with E-state index in [1.165, 1.54) is 48.5 Å². The number of rotatable bonds is 11. The Balaban J connectivity index is 1.22. The number of benzene rings is 4. The Bertz CT molecular complexity index is 1470. The Kier molecular flexibility index (Phi) is 8.23. The summed E-state index contributed by atoms with van der Waals surface area (Å²) in [7, 11) is -7.68. The molecular weight excluding hydrogens is 528 g/mol. The highest BCUT2D eigenvalue weighted by Gasteiger charge is 2.22. The lowest BCUT2D eigenvalue weighted by atomic mass is 10.3. The first-order valence-electron chi connectivity index (χ1n) is 11.7. The fourth-order valence-corrected chi connectivity index (χ4v) is 6.34. The molecule has 0 radical (unpaired) electrons. The first-order chi connectivity index (χ1) is 18.2. The van der Waals surface area contributed by atoms with Crippen molar-refractivity contribution in [3.63, 3.8) is 0 Å². The molecule has 4 aromatic rings. The number of sulfone groups is 2. The fraction of sp³-hybridized carbons (Fsp3) is 0.143. The van der Waals surface area contributed by atoms with Crippen molar-refractivity contribution in [1.29, 1.82) is 0 Å². The molecule has 0 fully saturated rings. The van der Waals surface area contributed by atoms with Crippen molar-refractivity contribution < 1.29 is 36.5 Å². The summed E-state index contributed by atoms with van der Waals surface area (Å²) < 4.78 is 62.2. The standard InChI is InChI=1S/C28H26O8S2/c29-25-7-1-3-9-27(25)37(31,32)23-15-11-21(12-16-23)35-19-5-6-20-36-22-13-17-24(18-14-22)38(33,34)28-10-4-2-8-26(28)30/h1-4,7-18,29-30H,5-6,19-20H2. The third kappa shape index (κ3) is 6.09. The molecule has 4 rings (SSSR count). The van der Waals surface area contributed by atoms with Crippen LogP contribution in [0.2, 0.25) is 0 Å². The summed E-state index contributed by atoms with van der Waals surface area (Å²) >= 11 is 0. The quantitative estimate of drug-likeness (QED) is 0.248. The zero-order valence-corrected chi connectivity index (χ0v) is 21.9. The van der Waals surface area contributed by atoms with Gasteiger partial charge in [0.25, 0.3) is 0 Å². The van der Waals surface area contributed by atoms with Crippen LogP contribution in [0.3, 0.4) is 0 Å². The number of unbranched alkanes of at least 4 members (excludes halogenated alkanes) is 1. The van der Waals surface area contributed by atoms with Crippen LogP contribution >= 0.6 is 0 Å². The van der Waals surface area contributed by atoms with Gasteiger partial charge in [-0.05, 0) is 85.6 Å². The zero-order valence-electron chi connectivity index (χ0n) is 20.2. The highest BCUT2D eigenvalue weighted by Crippen LogP contribution is 2.30. The van der Waals surface area contributed by atoms with Crippen LogP contribution in [0.25, 0.3) is 0 Å². The van der Waals surface area contributed by atoms with E-state index < -0.39 is 19.7 Å². The summed E-state index contributed by atoms with van der Waals surface area (Å²) in [4.78, 5) is -0.195. The first kappa shape index (κ1) is 27.0. The third-order valence-corrected chi connectivity index (χ3v) is 9.29. The average Bonchev–Trinajstić information content (AvgIpc) is 2.91. The van der Waals surface area contributed by atoms with E-state index in [2.05, 4.69) is 0 Å². The molecule has 0 bridgehead atoms. The van der Waals surface area contributed by atoms with Crippen molar-refractivity contribution in [2.24, 2.45) is 0 Å². The lowest BCUT2D eigenvalue weighted by Crippen LogP contribution is -2.04. The number of phenols is 2. The molecule has 10 heteroatoms. The molecule has 0 atom stereocenters. The smallest absolute Gasteiger partial charge is 0.210 e. The van der Waals surface area contributed by atoms with E-state index in [1.807, 2.05) is 0 Å². The predicted octanol–water partition coefficient (Wildman–Crippen LogP) is 5.00. The second kappa shape index (κ2) is 11.6. The van der Waals surface area contributed by atoms with Crippen LogP contribution < -0.4 is 9.47 Å². The number of ether oxygens (including phenoxy) is 2. The lowest BCUT2D eigenvalue weighted by Gasteiger charge is -2.10. The molecule has 0 aliphatic heterocycles. The van der Waals surface area contributed by atoms with E-state index >= 15 is 0 Å². The van der Waals surface area contributed by atoms with E-state index in [0.717, 1.165) is 0 Å². The van der Waals surface area contributed by atoms with Crippen LogP contribution in [0.5, 0.6) is 23.0 Å². The predicted molar refractivity (Wildman–Crippen MR) is 140 cm³/mol. The summed E-state index contributed by atoms with van der Waals surface area (Å²) in [6.07, 6.45) is 1.36. The molecule has 0 aliphatic carbocycles. The molecule has 0 saturated carbocycles. The van der Waals surface area contributed by atoms with Gasteiger partial charge in [-0.25, -0.2) is 16.8 Å². The van der Waals surface area contributed by atoms with Crippen LogP contribution in [-0.4, -0.2) is 40.3 Å². The summed E-state index contributed by atoms with van der Waals surface area (Å²) in [6.45, 7) is 0.791. The fourth-order valence-electron chi connectivity index (χ4n) is 3.64. The molecule has 0 unspecified atom stereocenters. The lowest BCUT2D eigenvalue weighted by molar-refractivity contribution is 0.266. The molecule has 0 heterocycles. The summed E-state index contributed by atoms with van der Waals surface area (Å²) in [6, 6.07) is 23.5. The third-order valence-electron chi connectivity index (χ3n) is 5.65. The van der Waals surface area contributed by atoms with Gasteiger partial charge in [0.1, 0.15) is 32.8 Å². The molecule has 198 valence electrons. The zero-order chi connectivity index (χ0) is 27.2. The normalized spacial score (nSPS) is 11.7. The monoisotopic (exact) mass is 554 g/mol. The van der Waals surface area contributed by atoms with Gasteiger partial charge in [-0.3, -0.25) is 0 Å². The first-order valence-corrected chi connectivity index (χ1v) is 14.7. The van der Waals surface area contributed by atoms with Gasteiger partial charge in [-0.15, -0.1) is 0 Å². The largest absolute Gasteiger partial charge is 0.507 e. The number of aromatic hydroxyl groups is 2. The average molecular weight is 555 g/mol. The second-order valence-electron chi connectivity index (χ2n) is 8.29. The number of hydrogen-bond donors (Lipinski definition) is 2. The number of hydrogen-bond acceptors (Lipinski definition) is 8. The Morgan fingerprint density at radius 1 is 0.500 bits per heavy atom.